The van der Waals surface area contributed by atoms with Gasteiger partial charge in [-0.1, -0.05) is 17.7 Å². The first kappa shape index (κ1) is 13.8. The van der Waals surface area contributed by atoms with E-state index in [9.17, 15) is 4.79 Å². The lowest BCUT2D eigenvalue weighted by atomic mass is 10.3. The highest BCUT2D eigenvalue weighted by atomic mass is 35.5. The van der Waals surface area contributed by atoms with Crippen LogP contribution in [0.5, 0.6) is 0 Å². The van der Waals surface area contributed by atoms with Crippen molar-refractivity contribution in [3.63, 3.8) is 0 Å². The van der Waals surface area contributed by atoms with Crippen molar-refractivity contribution >= 4 is 45.6 Å². The van der Waals surface area contributed by atoms with Crippen molar-refractivity contribution in [2.45, 2.75) is 6.42 Å². The van der Waals surface area contributed by atoms with E-state index in [4.69, 9.17) is 23.2 Å². The Morgan fingerprint density at radius 2 is 2.10 bits per heavy atom. The molecule has 0 radical (unpaired) electrons. The van der Waals surface area contributed by atoms with E-state index < -0.39 is 5.24 Å². The molecule has 1 N–H and O–H groups in total. The Hall–Kier alpha value is -2.18. The fraction of sp³-hybridized carbons (Fsp3) is 0.0769. The van der Waals surface area contributed by atoms with E-state index in [1.807, 2.05) is 12.1 Å². The minimum Gasteiger partial charge on any atom is -0.339 e. The van der Waals surface area contributed by atoms with Gasteiger partial charge in [-0.05, 0) is 41.9 Å². The lowest BCUT2D eigenvalue weighted by Crippen LogP contribution is -2.05. The molecule has 0 spiro atoms. The van der Waals surface area contributed by atoms with Crippen molar-refractivity contribution in [2.24, 2.45) is 0 Å². The fourth-order valence-corrected chi connectivity index (χ4v) is 2.16. The molecular formula is C13H9Cl2N5O. The molecule has 0 aliphatic rings. The summed E-state index contributed by atoms with van der Waals surface area (Å²) >= 11 is 11.3. The summed E-state index contributed by atoms with van der Waals surface area (Å²) in [6, 6.07) is 10.8. The van der Waals surface area contributed by atoms with E-state index in [0.717, 1.165) is 5.69 Å². The molecule has 2 aromatic heterocycles. The van der Waals surface area contributed by atoms with Gasteiger partial charge in [-0.25, -0.2) is 0 Å². The summed E-state index contributed by atoms with van der Waals surface area (Å²) in [5.41, 5.74) is 1.34. The van der Waals surface area contributed by atoms with Crippen LogP contribution in [0.4, 0.5) is 11.5 Å². The molecule has 0 amide bonds. The van der Waals surface area contributed by atoms with Crippen LogP contribution in [0.1, 0.15) is 5.82 Å². The summed E-state index contributed by atoms with van der Waals surface area (Å²) in [5, 5.41) is 15.4. The van der Waals surface area contributed by atoms with Gasteiger partial charge in [-0.3, -0.25) is 4.79 Å². The molecule has 0 aliphatic carbocycles. The van der Waals surface area contributed by atoms with Crippen LogP contribution >= 0.6 is 23.2 Å². The van der Waals surface area contributed by atoms with Gasteiger partial charge in [0.15, 0.2) is 17.3 Å². The first-order chi connectivity index (χ1) is 10.1. The average molecular weight is 322 g/mol. The van der Waals surface area contributed by atoms with Crippen LogP contribution in [0.2, 0.25) is 5.02 Å². The third kappa shape index (κ3) is 3.12. The van der Waals surface area contributed by atoms with E-state index >= 15 is 0 Å². The maximum atomic E-state index is 11.0. The monoisotopic (exact) mass is 321 g/mol. The lowest BCUT2D eigenvalue weighted by Gasteiger charge is -2.06. The number of hydrogen-bond donors (Lipinski definition) is 1. The van der Waals surface area contributed by atoms with E-state index in [1.165, 1.54) is 4.52 Å². The van der Waals surface area contributed by atoms with Gasteiger partial charge in [-0.2, -0.15) is 4.52 Å². The largest absolute Gasteiger partial charge is 0.339 e. The molecule has 0 fully saturated rings. The molecule has 8 heteroatoms. The van der Waals surface area contributed by atoms with Gasteiger partial charge < -0.3 is 5.32 Å². The maximum Gasteiger partial charge on any atom is 0.229 e. The van der Waals surface area contributed by atoms with Crippen molar-refractivity contribution in [1.82, 2.24) is 19.8 Å². The second-order valence-corrected chi connectivity index (χ2v) is 5.13. The third-order valence-corrected chi connectivity index (χ3v) is 3.09. The highest BCUT2D eigenvalue weighted by Gasteiger charge is 2.10. The molecule has 0 unspecified atom stereocenters. The van der Waals surface area contributed by atoms with Crippen LogP contribution < -0.4 is 5.32 Å². The molecule has 0 bridgehead atoms. The van der Waals surface area contributed by atoms with Gasteiger partial charge in [0.2, 0.25) is 5.24 Å². The summed E-state index contributed by atoms with van der Waals surface area (Å²) in [6.07, 6.45) is -0.0314. The minimum absolute atomic E-state index is 0.0314. The van der Waals surface area contributed by atoms with Crippen LogP contribution in [0.25, 0.3) is 5.65 Å². The number of carbonyl (C=O) groups is 1. The number of anilines is 2. The number of nitrogens with zero attached hydrogens (tertiary/aromatic N) is 4. The van der Waals surface area contributed by atoms with Crippen molar-refractivity contribution in [3.05, 3.63) is 47.2 Å². The van der Waals surface area contributed by atoms with Gasteiger partial charge in [0.1, 0.15) is 0 Å². The molecule has 106 valence electrons. The van der Waals surface area contributed by atoms with Crippen molar-refractivity contribution in [1.29, 1.82) is 0 Å². The molecule has 0 saturated heterocycles. The number of aromatic nitrogens is 4. The Kier molecular flexibility index (Phi) is 3.72. The number of fused-ring (bicyclic) bond motifs is 1. The SMILES string of the molecule is O=C(Cl)Cc1nnc2ccc(Nc3cccc(Cl)c3)nn12. The molecule has 1 aromatic carbocycles. The number of rotatable bonds is 4. The summed E-state index contributed by atoms with van der Waals surface area (Å²) in [5.74, 6) is 0.965. The third-order valence-electron chi connectivity index (χ3n) is 2.72. The van der Waals surface area contributed by atoms with Crippen LogP contribution in [0.15, 0.2) is 36.4 Å². The molecule has 0 aliphatic heterocycles. The van der Waals surface area contributed by atoms with Gasteiger partial charge in [0.25, 0.3) is 0 Å². The number of hydrogen-bond acceptors (Lipinski definition) is 5. The van der Waals surface area contributed by atoms with Crippen LogP contribution in [0.3, 0.4) is 0 Å². The first-order valence-electron chi connectivity index (χ1n) is 6.04. The van der Waals surface area contributed by atoms with Crippen molar-refractivity contribution < 1.29 is 4.79 Å². The van der Waals surface area contributed by atoms with Crippen LogP contribution in [0, 0.1) is 0 Å². The molecule has 3 aromatic rings. The molecule has 0 saturated carbocycles. The van der Waals surface area contributed by atoms with Crippen LogP contribution in [-0.2, 0) is 11.2 Å². The minimum atomic E-state index is -0.515. The van der Waals surface area contributed by atoms with Gasteiger partial charge in [0.05, 0.1) is 6.42 Å². The van der Waals surface area contributed by atoms with E-state index in [1.54, 1.807) is 24.3 Å². The highest BCUT2D eigenvalue weighted by molar-refractivity contribution is 6.63. The lowest BCUT2D eigenvalue weighted by molar-refractivity contribution is -0.111. The Bertz CT molecular complexity index is 817. The second-order valence-electron chi connectivity index (χ2n) is 4.27. The topological polar surface area (TPSA) is 72.2 Å². The van der Waals surface area contributed by atoms with Gasteiger partial charge >= 0.3 is 0 Å². The number of carbonyl (C=O) groups excluding carboxylic acids is 1. The quantitative estimate of drug-likeness (QED) is 0.748. The molecule has 0 atom stereocenters. The Morgan fingerprint density at radius 1 is 1.24 bits per heavy atom. The molecule has 6 nitrogen and oxygen atoms in total. The molecular weight excluding hydrogens is 313 g/mol. The maximum absolute atomic E-state index is 11.0. The van der Waals surface area contributed by atoms with Gasteiger partial charge in [-0.15, -0.1) is 15.3 Å². The van der Waals surface area contributed by atoms with E-state index in [-0.39, 0.29) is 6.42 Å². The number of benzene rings is 1. The average Bonchev–Trinajstić information content (AvgIpc) is 2.81. The second kappa shape index (κ2) is 5.67. The highest BCUT2D eigenvalue weighted by Crippen LogP contribution is 2.19. The Morgan fingerprint density at radius 3 is 2.86 bits per heavy atom. The fourth-order valence-electron chi connectivity index (χ4n) is 1.85. The summed E-state index contributed by atoms with van der Waals surface area (Å²) in [7, 11) is 0. The summed E-state index contributed by atoms with van der Waals surface area (Å²) in [4.78, 5) is 11.0. The normalized spacial score (nSPS) is 10.8. The smallest absolute Gasteiger partial charge is 0.229 e. The summed E-state index contributed by atoms with van der Waals surface area (Å²) < 4.78 is 1.48. The standard InChI is InChI=1S/C13H9Cl2N5O/c14-8-2-1-3-9(6-8)16-11-4-5-12-17-18-13(7-10(15)21)20(12)19-11/h1-6H,7H2,(H,16,19). The predicted octanol–water partition coefficient (Wildman–Crippen LogP) is 2.83. The molecule has 21 heavy (non-hydrogen) atoms. The molecule has 2 heterocycles. The van der Waals surface area contributed by atoms with E-state index in [0.29, 0.717) is 22.3 Å². The zero-order valence-corrected chi connectivity index (χ0v) is 12.1. The Labute approximate surface area is 129 Å². The zero-order chi connectivity index (χ0) is 14.8. The summed E-state index contributed by atoms with van der Waals surface area (Å²) in [6.45, 7) is 0. The number of nitrogens with one attached hydrogen (secondary N) is 1. The van der Waals surface area contributed by atoms with Crippen molar-refractivity contribution in [2.75, 3.05) is 5.32 Å². The zero-order valence-electron chi connectivity index (χ0n) is 10.6. The molecule has 3 rings (SSSR count). The predicted molar refractivity (Wildman–Crippen MR) is 80.1 cm³/mol. The van der Waals surface area contributed by atoms with E-state index in [2.05, 4.69) is 20.6 Å². The Balaban J connectivity index is 1.94. The van der Waals surface area contributed by atoms with Crippen LogP contribution in [-0.4, -0.2) is 25.1 Å². The van der Waals surface area contributed by atoms with Crippen molar-refractivity contribution in [3.8, 4) is 0 Å². The first-order valence-corrected chi connectivity index (χ1v) is 6.80. The number of halogens is 2. The van der Waals surface area contributed by atoms with Gasteiger partial charge in [0, 0.05) is 10.7 Å².